The highest BCUT2D eigenvalue weighted by atomic mass is 16.5. The molecule has 0 aliphatic heterocycles. The molecule has 1 unspecified atom stereocenters. The molecule has 0 saturated carbocycles. The number of aliphatic hydroxyl groups excluding tert-OH is 1. The summed E-state index contributed by atoms with van der Waals surface area (Å²) in [5.41, 5.74) is -0.0860. The number of aliphatic hydroxyl groups is 1. The molecule has 3 nitrogen and oxygen atoms in total. The first-order valence-electron chi connectivity index (χ1n) is 5.37. The van der Waals surface area contributed by atoms with Gasteiger partial charge in [0.05, 0.1) is 32.0 Å². The lowest BCUT2D eigenvalue weighted by Gasteiger charge is -2.31. The quantitative estimate of drug-likeness (QED) is 0.613. The lowest BCUT2D eigenvalue weighted by Crippen LogP contribution is -2.33. The molecule has 0 aliphatic carbocycles. The molecule has 0 fully saturated rings. The van der Waals surface area contributed by atoms with E-state index in [1.54, 1.807) is 0 Å². The Morgan fingerprint density at radius 1 is 1.21 bits per heavy atom. The minimum Gasteiger partial charge on any atom is -0.394 e. The molecule has 0 bridgehead atoms. The molecule has 0 spiro atoms. The van der Waals surface area contributed by atoms with Gasteiger partial charge in [-0.05, 0) is 19.8 Å². The summed E-state index contributed by atoms with van der Waals surface area (Å²) in [5.74, 6) is 0.542. The van der Waals surface area contributed by atoms with Crippen molar-refractivity contribution in [2.24, 2.45) is 5.92 Å². The van der Waals surface area contributed by atoms with E-state index in [1.165, 1.54) is 0 Å². The monoisotopic (exact) mass is 204 g/mol. The van der Waals surface area contributed by atoms with E-state index >= 15 is 0 Å². The third-order valence-electron chi connectivity index (χ3n) is 2.74. The molecule has 1 N–H and O–H groups in total. The lowest BCUT2D eigenvalue weighted by atomic mass is 9.90. The molecule has 0 radical (unpaired) electrons. The predicted molar refractivity (Wildman–Crippen MR) is 57.4 cm³/mol. The largest absolute Gasteiger partial charge is 0.394 e. The summed E-state index contributed by atoms with van der Waals surface area (Å²) in [7, 11) is 0. The molecule has 0 aromatic rings. The van der Waals surface area contributed by atoms with Crippen LogP contribution in [0.3, 0.4) is 0 Å². The summed E-state index contributed by atoms with van der Waals surface area (Å²) in [6, 6.07) is 0. The maximum absolute atomic E-state index is 8.49. The Balaban J connectivity index is 3.55. The Morgan fingerprint density at radius 3 is 2.36 bits per heavy atom. The standard InChI is InChI=1S/C11H24O3/c1-5-10(2)11(3,4)14-9-8-13-7-6-12/h10,12H,5-9H2,1-4H3. The molecule has 0 rings (SSSR count). The summed E-state index contributed by atoms with van der Waals surface area (Å²) < 4.78 is 10.8. The maximum Gasteiger partial charge on any atom is 0.0707 e. The second-order valence-electron chi connectivity index (χ2n) is 4.10. The van der Waals surface area contributed by atoms with Crippen molar-refractivity contribution in [2.45, 2.75) is 39.7 Å². The molecule has 0 aromatic carbocycles. The molecular weight excluding hydrogens is 180 g/mol. The van der Waals surface area contributed by atoms with Crippen molar-refractivity contribution in [1.29, 1.82) is 0 Å². The normalized spacial score (nSPS) is 14.4. The molecular formula is C11H24O3. The van der Waals surface area contributed by atoms with Gasteiger partial charge in [0, 0.05) is 0 Å². The zero-order valence-electron chi connectivity index (χ0n) is 9.88. The highest BCUT2D eigenvalue weighted by Gasteiger charge is 2.24. The highest BCUT2D eigenvalue weighted by Crippen LogP contribution is 2.23. The van der Waals surface area contributed by atoms with E-state index < -0.39 is 0 Å². The fourth-order valence-electron chi connectivity index (χ4n) is 1.16. The average molecular weight is 204 g/mol. The predicted octanol–water partition coefficient (Wildman–Crippen LogP) is 1.84. The first-order valence-corrected chi connectivity index (χ1v) is 5.37. The van der Waals surface area contributed by atoms with Crippen LogP contribution in [0.2, 0.25) is 0 Å². The van der Waals surface area contributed by atoms with Gasteiger partial charge in [0.15, 0.2) is 0 Å². The van der Waals surface area contributed by atoms with Crippen molar-refractivity contribution in [3.05, 3.63) is 0 Å². The summed E-state index contributed by atoms with van der Waals surface area (Å²) in [5, 5.41) is 8.49. The van der Waals surface area contributed by atoms with Crippen LogP contribution in [0, 0.1) is 5.92 Å². The molecule has 3 heteroatoms. The third-order valence-corrected chi connectivity index (χ3v) is 2.74. The second-order valence-corrected chi connectivity index (χ2v) is 4.10. The summed E-state index contributed by atoms with van der Waals surface area (Å²) >= 11 is 0. The maximum atomic E-state index is 8.49. The Hall–Kier alpha value is -0.120. The van der Waals surface area contributed by atoms with Crippen LogP contribution in [0.5, 0.6) is 0 Å². The molecule has 0 amide bonds. The van der Waals surface area contributed by atoms with Gasteiger partial charge >= 0.3 is 0 Å². The summed E-state index contributed by atoms with van der Waals surface area (Å²) in [6.45, 7) is 10.2. The molecule has 0 aromatic heterocycles. The highest BCUT2D eigenvalue weighted by molar-refractivity contribution is 4.74. The van der Waals surface area contributed by atoms with Crippen LogP contribution in [0.25, 0.3) is 0 Å². The number of ether oxygens (including phenoxy) is 2. The van der Waals surface area contributed by atoms with E-state index in [2.05, 4.69) is 27.7 Å². The van der Waals surface area contributed by atoms with Crippen molar-refractivity contribution >= 4 is 0 Å². The fourth-order valence-corrected chi connectivity index (χ4v) is 1.16. The van der Waals surface area contributed by atoms with Crippen LogP contribution in [-0.2, 0) is 9.47 Å². The third kappa shape index (κ3) is 5.58. The van der Waals surface area contributed by atoms with Crippen molar-refractivity contribution in [3.8, 4) is 0 Å². The molecule has 0 saturated heterocycles. The Labute approximate surface area is 87.4 Å². The Kier molecular flexibility index (Phi) is 7.15. The van der Waals surface area contributed by atoms with E-state index in [0.29, 0.717) is 25.7 Å². The van der Waals surface area contributed by atoms with Gasteiger partial charge in [0.1, 0.15) is 0 Å². The van der Waals surface area contributed by atoms with Gasteiger partial charge in [0.2, 0.25) is 0 Å². The van der Waals surface area contributed by atoms with Gasteiger partial charge in [0.25, 0.3) is 0 Å². The number of hydrogen-bond acceptors (Lipinski definition) is 3. The van der Waals surface area contributed by atoms with Gasteiger partial charge in [-0.25, -0.2) is 0 Å². The number of hydrogen-bond donors (Lipinski definition) is 1. The number of rotatable bonds is 8. The van der Waals surface area contributed by atoms with E-state index in [4.69, 9.17) is 14.6 Å². The Bertz CT molecular complexity index is 134. The van der Waals surface area contributed by atoms with Gasteiger partial charge in [-0.3, -0.25) is 0 Å². The molecule has 1 atom stereocenters. The smallest absolute Gasteiger partial charge is 0.0707 e. The zero-order chi connectivity index (χ0) is 11.0. The molecule has 0 aliphatic rings. The first kappa shape index (κ1) is 13.9. The second kappa shape index (κ2) is 7.21. The lowest BCUT2D eigenvalue weighted by molar-refractivity contribution is -0.0778. The summed E-state index contributed by atoms with van der Waals surface area (Å²) in [6.07, 6.45) is 1.12. The first-order chi connectivity index (χ1) is 6.54. The van der Waals surface area contributed by atoms with Crippen LogP contribution >= 0.6 is 0 Å². The van der Waals surface area contributed by atoms with E-state index in [9.17, 15) is 0 Å². The van der Waals surface area contributed by atoms with Crippen molar-refractivity contribution < 1.29 is 14.6 Å². The minimum absolute atomic E-state index is 0.0781. The molecule has 14 heavy (non-hydrogen) atoms. The van der Waals surface area contributed by atoms with Crippen molar-refractivity contribution in [1.82, 2.24) is 0 Å². The molecule has 86 valence electrons. The summed E-state index contributed by atoms with van der Waals surface area (Å²) in [4.78, 5) is 0. The Morgan fingerprint density at radius 2 is 1.86 bits per heavy atom. The van der Waals surface area contributed by atoms with Gasteiger partial charge < -0.3 is 14.6 Å². The van der Waals surface area contributed by atoms with Crippen LogP contribution < -0.4 is 0 Å². The van der Waals surface area contributed by atoms with Crippen LogP contribution in [-0.4, -0.2) is 37.1 Å². The van der Waals surface area contributed by atoms with Crippen LogP contribution in [0.1, 0.15) is 34.1 Å². The zero-order valence-corrected chi connectivity index (χ0v) is 9.88. The van der Waals surface area contributed by atoms with Crippen molar-refractivity contribution in [2.75, 3.05) is 26.4 Å². The van der Waals surface area contributed by atoms with Crippen LogP contribution in [0.15, 0.2) is 0 Å². The van der Waals surface area contributed by atoms with Gasteiger partial charge in [-0.15, -0.1) is 0 Å². The SMILES string of the molecule is CCC(C)C(C)(C)OCCOCCO. The minimum atomic E-state index is -0.0860. The van der Waals surface area contributed by atoms with E-state index in [0.717, 1.165) is 6.42 Å². The van der Waals surface area contributed by atoms with Gasteiger partial charge in [-0.1, -0.05) is 20.3 Å². The van der Waals surface area contributed by atoms with E-state index in [-0.39, 0.29) is 12.2 Å². The fraction of sp³-hybridized carbons (Fsp3) is 1.00. The topological polar surface area (TPSA) is 38.7 Å². The van der Waals surface area contributed by atoms with Crippen molar-refractivity contribution in [3.63, 3.8) is 0 Å². The van der Waals surface area contributed by atoms with E-state index in [1.807, 2.05) is 0 Å². The molecule has 0 heterocycles. The van der Waals surface area contributed by atoms with Crippen LogP contribution in [0.4, 0.5) is 0 Å². The van der Waals surface area contributed by atoms with Gasteiger partial charge in [-0.2, -0.15) is 0 Å². The average Bonchev–Trinajstić information content (AvgIpc) is 2.16.